The van der Waals surface area contributed by atoms with E-state index in [0.29, 0.717) is 0 Å². The van der Waals surface area contributed by atoms with Gasteiger partial charge in [0.25, 0.3) is 0 Å². The number of rotatable bonds is 8. The van der Waals surface area contributed by atoms with Crippen LogP contribution < -0.4 is 10.2 Å². The van der Waals surface area contributed by atoms with E-state index >= 15 is 0 Å². The van der Waals surface area contributed by atoms with Crippen molar-refractivity contribution in [3.63, 3.8) is 0 Å². The van der Waals surface area contributed by atoms with E-state index in [1.54, 1.807) is 0 Å². The molecule has 0 radical (unpaired) electrons. The molecule has 1 fully saturated rings. The largest absolute Gasteiger partial charge is 0.373 e. The Morgan fingerprint density at radius 1 is 1.20 bits per heavy atom. The number of nitrogens with zero attached hydrogens (tertiary/aromatic N) is 3. The summed E-state index contributed by atoms with van der Waals surface area (Å²) in [6.07, 6.45) is 5.96. The standard InChI is InChI=1S/C16H28N4/c1-5-7-14-18-15(17-4)12(3)16(19-14)20(10-6-2)11-13-8-9-13/h13H,5-11H2,1-4H3,(H,17,18,19). The Balaban J connectivity index is 2.31. The lowest BCUT2D eigenvalue weighted by Crippen LogP contribution is -2.29. The maximum atomic E-state index is 4.85. The molecule has 0 atom stereocenters. The van der Waals surface area contributed by atoms with E-state index in [1.807, 2.05) is 7.05 Å². The van der Waals surface area contributed by atoms with E-state index < -0.39 is 0 Å². The summed E-state index contributed by atoms with van der Waals surface area (Å²) in [5.74, 6) is 3.97. The normalized spacial score (nSPS) is 14.4. The lowest BCUT2D eigenvalue weighted by atomic mass is 10.2. The van der Waals surface area contributed by atoms with Crippen molar-refractivity contribution in [3.8, 4) is 0 Å². The van der Waals surface area contributed by atoms with Crippen molar-refractivity contribution < 1.29 is 0 Å². The van der Waals surface area contributed by atoms with Crippen LogP contribution in [0.1, 0.15) is 50.9 Å². The van der Waals surface area contributed by atoms with E-state index in [9.17, 15) is 0 Å². The third-order valence-electron chi connectivity index (χ3n) is 3.85. The van der Waals surface area contributed by atoms with Gasteiger partial charge in [-0.2, -0.15) is 0 Å². The van der Waals surface area contributed by atoms with Crippen molar-refractivity contribution in [1.82, 2.24) is 9.97 Å². The fraction of sp³-hybridized carbons (Fsp3) is 0.750. The highest BCUT2D eigenvalue weighted by atomic mass is 15.2. The van der Waals surface area contributed by atoms with Crippen molar-refractivity contribution in [2.75, 3.05) is 30.4 Å². The van der Waals surface area contributed by atoms with Gasteiger partial charge in [0.15, 0.2) is 0 Å². The Kier molecular flexibility index (Phi) is 5.21. The molecule has 1 aromatic heterocycles. The first-order chi connectivity index (χ1) is 9.69. The van der Waals surface area contributed by atoms with Crippen LogP contribution in [-0.2, 0) is 6.42 Å². The molecule has 4 nitrogen and oxygen atoms in total. The lowest BCUT2D eigenvalue weighted by Gasteiger charge is -2.26. The summed E-state index contributed by atoms with van der Waals surface area (Å²) in [6, 6.07) is 0. The average Bonchev–Trinajstić information content (AvgIpc) is 3.24. The van der Waals surface area contributed by atoms with E-state index in [2.05, 4.69) is 36.0 Å². The molecule has 20 heavy (non-hydrogen) atoms. The van der Waals surface area contributed by atoms with Crippen molar-refractivity contribution >= 4 is 11.6 Å². The maximum absolute atomic E-state index is 4.85. The third-order valence-corrected chi connectivity index (χ3v) is 3.85. The molecule has 2 rings (SSSR count). The molecule has 0 saturated heterocycles. The van der Waals surface area contributed by atoms with Gasteiger partial charge in [-0.1, -0.05) is 13.8 Å². The highest BCUT2D eigenvalue weighted by molar-refractivity contribution is 5.58. The van der Waals surface area contributed by atoms with Crippen LogP contribution in [0.15, 0.2) is 0 Å². The van der Waals surface area contributed by atoms with Crippen LogP contribution in [0.4, 0.5) is 11.6 Å². The van der Waals surface area contributed by atoms with Crippen LogP contribution in [0.3, 0.4) is 0 Å². The summed E-state index contributed by atoms with van der Waals surface area (Å²) >= 11 is 0. The molecule has 0 unspecified atom stereocenters. The average molecular weight is 276 g/mol. The van der Waals surface area contributed by atoms with Gasteiger partial charge in [-0.25, -0.2) is 9.97 Å². The molecule has 112 valence electrons. The van der Waals surface area contributed by atoms with Gasteiger partial charge in [0.2, 0.25) is 0 Å². The summed E-state index contributed by atoms with van der Waals surface area (Å²) < 4.78 is 0. The predicted molar refractivity (Wildman–Crippen MR) is 85.5 cm³/mol. The van der Waals surface area contributed by atoms with E-state index in [0.717, 1.165) is 55.7 Å². The van der Waals surface area contributed by atoms with Crippen molar-refractivity contribution in [2.24, 2.45) is 5.92 Å². The zero-order chi connectivity index (χ0) is 14.5. The Labute approximate surface area is 123 Å². The number of hydrogen-bond donors (Lipinski definition) is 1. The molecule has 0 amide bonds. The summed E-state index contributed by atoms with van der Waals surface area (Å²) in [7, 11) is 1.94. The fourth-order valence-corrected chi connectivity index (χ4v) is 2.60. The zero-order valence-corrected chi connectivity index (χ0v) is 13.4. The molecule has 0 bridgehead atoms. The van der Waals surface area contributed by atoms with Crippen LogP contribution in [0, 0.1) is 12.8 Å². The van der Waals surface area contributed by atoms with Gasteiger partial charge in [-0.3, -0.25) is 0 Å². The Bertz CT molecular complexity index is 440. The second-order valence-electron chi connectivity index (χ2n) is 5.83. The van der Waals surface area contributed by atoms with Crippen molar-refractivity contribution in [1.29, 1.82) is 0 Å². The second-order valence-corrected chi connectivity index (χ2v) is 5.83. The van der Waals surface area contributed by atoms with Gasteiger partial charge < -0.3 is 10.2 Å². The smallest absolute Gasteiger partial charge is 0.137 e. The van der Waals surface area contributed by atoms with E-state index in [1.165, 1.54) is 18.4 Å². The summed E-state index contributed by atoms with van der Waals surface area (Å²) in [5, 5.41) is 3.22. The van der Waals surface area contributed by atoms with Gasteiger partial charge in [0.05, 0.1) is 0 Å². The molecule has 1 N–H and O–H groups in total. The van der Waals surface area contributed by atoms with E-state index in [4.69, 9.17) is 4.98 Å². The van der Waals surface area contributed by atoms with Crippen LogP contribution >= 0.6 is 0 Å². The van der Waals surface area contributed by atoms with E-state index in [-0.39, 0.29) is 0 Å². The maximum Gasteiger partial charge on any atom is 0.137 e. The first kappa shape index (κ1) is 15.1. The van der Waals surface area contributed by atoms with Gasteiger partial charge >= 0.3 is 0 Å². The molecule has 1 aliphatic carbocycles. The minimum atomic E-state index is 0.878. The van der Waals surface area contributed by atoms with Crippen molar-refractivity contribution in [2.45, 2.75) is 52.9 Å². The Morgan fingerprint density at radius 2 is 1.95 bits per heavy atom. The molecule has 0 aliphatic heterocycles. The number of aryl methyl sites for hydroxylation is 1. The van der Waals surface area contributed by atoms with Crippen LogP contribution in [0.5, 0.6) is 0 Å². The summed E-state index contributed by atoms with van der Waals surface area (Å²) in [6.45, 7) is 8.79. The zero-order valence-electron chi connectivity index (χ0n) is 13.4. The number of hydrogen-bond acceptors (Lipinski definition) is 4. The molecule has 1 aromatic rings. The first-order valence-corrected chi connectivity index (χ1v) is 7.99. The number of nitrogens with one attached hydrogen (secondary N) is 1. The predicted octanol–water partition coefficient (Wildman–Crippen LogP) is 3.41. The van der Waals surface area contributed by atoms with Gasteiger partial charge in [-0.05, 0) is 38.5 Å². The molecule has 4 heteroatoms. The van der Waals surface area contributed by atoms with Gasteiger partial charge in [-0.15, -0.1) is 0 Å². The van der Waals surface area contributed by atoms with Crippen LogP contribution in [0.2, 0.25) is 0 Å². The highest BCUT2D eigenvalue weighted by Gasteiger charge is 2.26. The lowest BCUT2D eigenvalue weighted by molar-refractivity contribution is 0.690. The molecular weight excluding hydrogens is 248 g/mol. The summed E-state index contributed by atoms with van der Waals surface area (Å²) in [4.78, 5) is 11.9. The minimum absolute atomic E-state index is 0.878. The highest BCUT2D eigenvalue weighted by Crippen LogP contribution is 2.33. The SMILES string of the molecule is CCCc1nc(NC)c(C)c(N(CCC)CC2CC2)n1. The molecule has 1 heterocycles. The monoisotopic (exact) mass is 276 g/mol. The third kappa shape index (κ3) is 3.62. The summed E-state index contributed by atoms with van der Waals surface area (Å²) in [5.41, 5.74) is 1.18. The molecule has 1 saturated carbocycles. The Hall–Kier alpha value is -1.32. The van der Waals surface area contributed by atoms with Crippen molar-refractivity contribution in [3.05, 3.63) is 11.4 Å². The Morgan fingerprint density at radius 3 is 2.50 bits per heavy atom. The molecule has 0 aromatic carbocycles. The number of aromatic nitrogens is 2. The number of anilines is 2. The molecule has 1 aliphatic rings. The minimum Gasteiger partial charge on any atom is -0.373 e. The fourth-order valence-electron chi connectivity index (χ4n) is 2.60. The van der Waals surface area contributed by atoms with Crippen LogP contribution in [0.25, 0.3) is 0 Å². The first-order valence-electron chi connectivity index (χ1n) is 7.99. The quantitative estimate of drug-likeness (QED) is 0.790. The second kappa shape index (κ2) is 6.91. The van der Waals surface area contributed by atoms with Gasteiger partial charge in [0, 0.05) is 32.1 Å². The topological polar surface area (TPSA) is 41.1 Å². The van der Waals surface area contributed by atoms with Gasteiger partial charge in [0.1, 0.15) is 17.5 Å². The van der Waals surface area contributed by atoms with Crippen LogP contribution in [-0.4, -0.2) is 30.1 Å². The molecular formula is C16H28N4. The molecule has 0 spiro atoms.